The van der Waals surface area contributed by atoms with E-state index in [9.17, 15) is 0 Å². The minimum absolute atomic E-state index is 0.341. The lowest BCUT2D eigenvalue weighted by atomic mass is 9.75. The molecule has 0 amide bonds. The number of aryl methyl sites for hydroxylation is 2. The maximum absolute atomic E-state index is 6.27. The summed E-state index contributed by atoms with van der Waals surface area (Å²) in [6, 6.07) is 4.42. The molecule has 7 heteroatoms. The van der Waals surface area contributed by atoms with Crippen molar-refractivity contribution in [3.8, 4) is 0 Å². The van der Waals surface area contributed by atoms with E-state index >= 15 is 0 Å². The van der Waals surface area contributed by atoms with Gasteiger partial charge in [0, 0.05) is 18.9 Å². The second kappa shape index (κ2) is 6.46. The predicted molar refractivity (Wildman–Crippen MR) is 112 cm³/mol. The molecule has 1 N–H and O–H groups in total. The normalized spacial score (nSPS) is 22.9. The van der Waals surface area contributed by atoms with Gasteiger partial charge in [-0.1, -0.05) is 6.07 Å². The second-order valence-electron chi connectivity index (χ2n) is 8.84. The van der Waals surface area contributed by atoms with E-state index in [0.29, 0.717) is 6.61 Å². The number of anilines is 1. The van der Waals surface area contributed by atoms with E-state index in [1.54, 1.807) is 0 Å². The van der Waals surface area contributed by atoms with Crippen molar-refractivity contribution in [3.63, 3.8) is 0 Å². The molecular weight excluding hydrogens is 353 g/mol. The zero-order chi connectivity index (χ0) is 20.3. The molecule has 1 aromatic carbocycles. The summed E-state index contributed by atoms with van der Waals surface area (Å²) in [5.41, 5.74) is 8.14. The largest absolute Gasteiger partial charge is 0.495 e. The summed E-state index contributed by atoms with van der Waals surface area (Å²) in [6.07, 6.45) is 4.05. The number of rotatable bonds is 2. The Morgan fingerprint density at radius 2 is 1.71 bits per heavy atom. The Labute approximate surface area is 168 Å². The highest BCUT2D eigenvalue weighted by Crippen LogP contribution is 2.37. The lowest BCUT2D eigenvalue weighted by Gasteiger charge is -2.32. The fourth-order valence-corrected chi connectivity index (χ4v) is 3.74. The molecule has 0 radical (unpaired) electrons. The molecule has 1 saturated heterocycles. The first-order valence-electron chi connectivity index (χ1n) is 9.87. The molecule has 0 aromatic heterocycles. The molecule has 0 spiro atoms. The van der Waals surface area contributed by atoms with Crippen molar-refractivity contribution < 1.29 is 14.0 Å². The molecule has 1 fully saturated rings. The van der Waals surface area contributed by atoms with E-state index in [1.807, 2.05) is 18.3 Å². The summed E-state index contributed by atoms with van der Waals surface area (Å²) in [6.45, 7) is 14.0. The average Bonchev–Trinajstić information content (AvgIpc) is 2.95. The molecule has 0 atom stereocenters. The van der Waals surface area contributed by atoms with Crippen molar-refractivity contribution in [2.45, 2.75) is 52.7 Å². The van der Waals surface area contributed by atoms with Gasteiger partial charge in [0.1, 0.15) is 12.3 Å². The van der Waals surface area contributed by atoms with Gasteiger partial charge in [0.05, 0.1) is 23.9 Å². The van der Waals surface area contributed by atoms with Crippen molar-refractivity contribution in [2.75, 3.05) is 25.1 Å². The van der Waals surface area contributed by atoms with Gasteiger partial charge in [-0.15, -0.1) is 0 Å². The summed E-state index contributed by atoms with van der Waals surface area (Å²) in [4.78, 5) is 2.26. The van der Waals surface area contributed by atoms with Crippen molar-refractivity contribution in [1.82, 2.24) is 10.4 Å². The quantitative estimate of drug-likeness (QED) is 0.793. The van der Waals surface area contributed by atoms with Gasteiger partial charge >= 0.3 is 7.12 Å². The molecule has 0 bridgehead atoms. The number of nitrogens with one attached hydrogen (secondary N) is 1. The van der Waals surface area contributed by atoms with Crippen LogP contribution in [0.5, 0.6) is 0 Å². The molecule has 1 aromatic rings. The van der Waals surface area contributed by atoms with Gasteiger partial charge in [-0.2, -0.15) is 0 Å². The number of likely N-dealkylation sites (N-methyl/N-ethyl adjacent to an activating group) is 1. The van der Waals surface area contributed by atoms with Crippen LogP contribution in [0.2, 0.25) is 0 Å². The lowest BCUT2D eigenvalue weighted by molar-refractivity contribution is 0.00578. The van der Waals surface area contributed by atoms with Gasteiger partial charge in [-0.05, 0) is 64.2 Å². The summed E-state index contributed by atoms with van der Waals surface area (Å²) in [7, 11) is 1.64. The first-order valence-corrected chi connectivity index (χ1v) is 9.87. The first-order chi connectivity index (χ1) is 13.1. The Kier molecular flexibility index (Phi) is 4.43. The molecule has 3 aliphatic rings. The number of hydrazine groups is 1. The first kappa shape index (κ1) is 19.2. The number of benzene rings is 1. The van der Waals surface area contributed by atoms with Gasteiger partial charge in [-0.25, -0.2) is 0 Å². The highest BCUT2D eigenvalue weighted by Gasteiger charge is 2.52. The molecule has 4 rings (SSSR count). The topological polar surface area (TPSA) is 46.2 Å². The smallest absolute Gasteiger partial charge is 0.488 e. The zero-order valence-electron chi connectivity index (χ0n) is 17.9. The van der Waals surface area contributed by atoms with Crippen molar-refractivity contribution in [2.24, 2.45) is 0 Å². The summed E-state index contributed by atoms with van der Waals surface area (Å²) >= 11 is 0. The van der Waals surface area contributed by atoms with Crippen LogP contribution in [0, 0.1) is 13.8 Å². The third-order valence-corrected chi connectivity index (χ3v) is 6.27. The van der Waals surface area contributed by atoms with Crippen LogP contribution in [-0.4, -0.2) is 43.5 Å². The van der Waals surface area contributed by atoms with Crippen molar-refractivity contribution in [3.05, 3.63) is 47.1 Å². The zero-order valence-corrected chi connectivity index (χ0v) is 17.9. The molecule has 0 saturated carbocycles. The molecule has 28 heavy (non-hydrogen) atoms. The third kappa shape index (κ3) is 3.06. The highest BCUT2D eigenvalue weighted by molar-refractivity contribution is 6.62. The van der Waals surface area contributed by atoms with Crippen LogP contribution in [0.15, 0.2) is 36.0 Å². The molecule has 150 valence electrons. The van der Waals surface area contributed by atoms with Gasteiger partial charge in [0.15, 0.2) is 5.76 Å². The van der Waals surface area contributed by atoms with E-state index in [-0.39, 0.29) is 18.3 Å². The maximum Gasteiger partial charge on any atom is 0.495 e. The predicted octanol–water partition coefficient (Wildman–Crippen LogP) is 2.57. The van der Waals surface area contributed by atoms with Crippen LogP contribution in [0.25, 0.3) is 0 Å². The van der Waals surface area contributed by atoms with Gasteiger partial charge in [-0.3, -0.25) is 5.01 Å². The van der Waals surface area contributed by atoms with E-state index in [2.05, 4.69) is 70.2 Å². The molecular formula is C21H30BN3O3. The van der Waals surface area contributed by atoms with E-state index in [4.69, 9.17) is 14.0 Å². The van der Waals surface area contributed by atoms with Gasteiger partial charge in [0.25, 0.3) is 0 Å². The number of fused-ring (bicyclic) bond motifs is 1. The lowest BCUT2D eigenvalue weighted by Crippen LogP contribution is -2.41. The van der Waals surface area contributed by atoms with Crippen LogP contribution >= 0.6 is 0 Å². The number of hydrogen-bond donors (Lipinski definition) is 1. The van der Waals surface area contributed by atoms with Crippen LogP contribution < -0.4 is 15.8 Å². The van der Waals surface area contributed by atoms with Gasteiger partial charge in [0.2, 0.25) is 0 Å². The minimum atomic E-state index is -0.344. The fourth-order valence-electron chi connectivity index (χ4n) is 3.74. The van der Waals surface area contributed by atoms with Crippen molar-refractivity contribution >= 4 is 18.3 Å². The number of ether oxygens (including phenoxy) is 1. The molecule has 0 aliphatic carbocycles. The Morgan fingerprint density at radius 3 is 2.39 bits per heavy atom. The Bertz CT molecular complexity index is 847. The number of hydrogen-bond acceptors (Lipinski definition) is 6. The molecule has 3 heterocycles. The SMILES string of the molecule is Cc1cc(N2C=C3C(=CNN3C)OCC2)c(C)cc1B1OC(C)(C)C(C)(C)O1. The second-order valence-corrected chi connectivity index (χ2v) is 8.84. The molecule has 6 nitrogen and oxygen atoms in total. The minimum Gasteiger partial charge on any atom is -0.488 e. The Morgan fingerprint density at radius 1 is 1.04 bits per heavy atom. The van der Waals surface area contributed by atoms with Crippen molar-refractivity contribution in [1.29, 1.82) is 0 Å². The Hall–Kier alpha value is -2.12. The summed E-state index contributed by atoms with van der Waals surface area (Å²) in [5.74, 6) is 0.883. The van der Waals surface area contributed by atoms with E-state index < -0.39 is 0 Å². The standard InChI is InChI=1S/C21H30BN3O3/c1-14-11-17(25-8-9-26-19-12-23-24(7)18(19)13-25)15(2)10-16(14)22-27-20(3,4)21(5,6)28-22/h10-13,23H,8-9H2,1-7H3. The summed E-state index contributed by atoms with van der Waals surface area (Å²) in [5, 5.41) is 1.97. The third-order valence-electron chi connectivity index (χ3n) is 6.27. The van der Waals surface area contributed by atoms with Crippen LogP contribution in [-0.2, 0) is 14.0 Å². The van der Waals surface area contributed by atoms with Crippen LogP contribution in [0.1, 0.15) is 38.8 Å². The highest BCUT2D eigenvalue weighted by atomic mass is 16.7. The molecule has 0 unspecified atom stereocenters. The number of nitrogens with zero attached hydrogens (tertiary/aromatic N) is 2. The monoisotopic (exact) mass is 383 g/mol. The van der Waals surface area contributed by atoms with E-state index in [1.165, 1.54) is 11.3 Å². The summed E-state index contributed by atoms with van der Waals surface area (Å²) < 4.78 is 18.4. The van der Waals surface area contributed by atoms with E-state index in [0.717, 1.165) is 29.0 Å². The van der Waals surface area contributed by atoms with Crippen LogP contribution in [0.3, 0.4) is 0 Å². The van der Waals surface area contributed by atoms with Crippen LogP contribution in [0.4, 0.5) is 5.69 Å². The Balaban J connectivity index is 1.66. The fraction of sp³-hybridized carbons (Fsp3) is 0.524. The average molecular weight is 383 g/mol. The maximum atomic E-state index is 6.27. The van der Waals surface area contributed by atoms with Gasteiger partial charge < -0.3 is 24.4 Å². The molecule has 3 aliphatic heterocycles.